The van der Waals surface area contributed by atoms with Crippen LogP contribution in [-0.2, 0) is 16.5 Å². The van der Waals surface area contributed by atoms with E-state index in [4.69, 9.17) is 11.5 Å². The minimum atomic E-state index is -2.44. The Hall–Kier alpha value is -1.23. The van der Waals surface area contributed by atoms with Crippen molar-refractivity contribution in [1.82, 2.24) is 0 Å². The molecule has 1 aromatic carbocycles. The molecule has 0 aromatic heterocycles. The van der Waals surface area contributed by atoms with Crippen molar-refractivity contribution in [2.75, 3.05) is 11.5 Å². The summed E-state index contributed by atoms with van der Waals surface area (Å²) in [5, 5.41) is 0. The smallest absolute Gasteiger partial charge is 0.144 e. The SMILES string of the molecule is Nc1ccc(N)c(C[SH](=O)=O)c1. The van der Waals surface area contributed by atoms with Gasteiger partial charge in [0.15, 0.2) is 0 Å². The summed E-state index contributed by atoms with van der Waals surface area (Å²) >= 11 is 0. The lowest BCUT2D eigenvalue weighted by atomic mass is 10.2. The summed E-state index contributed by atoms with van der Waals surface area (Å²) in [6, 6.07) is 4.81. The third kappa shape index (κ3) is 2.13. The van der Waals surface area contributed by atoms with Crippen LogP contribution in [0, 0.1) is 0 Å². The van der Waals surface area contributed by atoms with E-state index in [-0.39, 0.29) is 5.75 Å². The molecule has 1 aromatic rings. The number of hydrogen-bond donors (Lipinski definition) is 3. The number of anilines is 2. The van der Waals surface area contributed by atoms with Gasteiger partial charge in [-0.1, -0.05) is 0 Å². The van der Waals surface area contributed by atoms with Crippen molar-refractivity contribution in [2.45, 2.75) is 5.75 Å². The van der Waals surface area contributed by atoms with Crippen molar-refractivity contribution in [3.05, 3.63) is 23.8 Å². The van der Waals surface area contributed by atoms with Crippen LogP contribution in [0.25, 0.3) is 0 Å². The second-order valence-corrected chi connectivity index (χ2v) is 3.43. The maximum Gasteiger partial charge on any atom is 0.144 e. The van der Waals surface area contributed by atoms with Crippen LogP contribution in [0.1, 0.15) is 5.56 Å². The molecule has 5 heteroatoms. The largest absolute Gasteiger partial charge is 0.399 e. The van der Waals surface area contributed by atoms with Gasteiger partial charge < -0.3 is 11.5 Å². The number of rotatable bonds is 2. The van der Waals surface area contributed by atoms with Gasteiger partial charge in [0, 0.05) is 11.4 Å². The number of thiol groups is 1. The van der Waals surface area contributed by atoms with Crippen LogP contribution < -0.4 is 11.5 Å². The average Bonchev–Trinajstić information content (AvgIpc) is 1.96. The van der Waals surface area contributed by atoms with E-state index in [0.29, 0.717) is 16.9 Å². The molecule has 0 aliphatic rings. The van der Waals surface area contributed by atoms with Crippen molar-refractivity contribution >= 4 is 22.1 Å². The Bertz CT molecular complexity index is 352. The van der Waals surface area contributed by atoms with E-state index < -0.39 is 10.7 Å². The normalized spacial score (nSPS) is 10.4. The summed E-state index contributed by atoms with van der Waals surface area (Å²) in [4.78, 5) is 0. The Morgan fingerprint density at radius 1 is 1.25 bits per heavy atom. The van der Waals surface area contributed by atoms with Gasteiger partial charge in [-0.15, -0.1) is 0 Å². The zero-order valence-electron chi connectivity index (χ0n) is 6.36. The number of nitrogen functional groups attached to an aromatic ring is 2. The van der Waals surface area contributed by atoms with E-state index in [2.05, 4.69) is 0 Å². The summed E-state index contributed by atoms with van der Waals surface area (Å²) in [6.07, 6.45) is 0. The number of nitrogens with two attached hydrogens (primary N) is 2. The minimum absolute atomic E-state index is 0.0494. The molecule has 0 aliphatic heterocycles. The van der Waals surface area contributed by atoms with E-state index >= 15 is 0 Å². The minimum Gasteiger partial charge on any atom is -0.399 e. The van der Waals surface area contributed by atoms with Gasteiger partial charge in [-0.05, 0) is 23.8 Å². The molecule has 0 amide bonds. The zero-order chi connectivity index (χ0) is 9.14. The summed E-state index contributed by atoms with van der Waals surface area (Å²) in [7, 11) is -2.44. The van der Waals surface area contributed by atoms with Crippen LogP contribution in [0.15, 0.2) is 18.2 Å². The Kier molecular flexibility index (Phi) is 2.54. The van der Waals surface area contributed by atoms with Crippen LogP contribution in [0.2, 0.25) is 0 Å². The summed E-state index contributed by atoms with van der Waals surface area (Å²) in [6.45, 7) is 0. The molecule has 0 bridgehead atoms. The average molecular weight is 186 g/mol. The molecule has 0 spiro atoms. The third-order valence-corrected chi connectivity index (χ3v) is 2.07. The van der Waals surface area contributed by atoms with E-state index in [1.807, 2.05) is 0 Å². The molecule has 0 fully saturated rings. The van der Waals surface area contributed by atoms with Crippen molar-refractivity contribution < 1.29 is 8.42 Å². The van der Waals surface area contributed by atoms with Crippen LogP contribution in [0.5, 0.6) is 0 Å². The Morgan fingerprint density at radius 2 is 1.92 bits per heavy atom. The van der Waals surface area contributed by atoms with Gasteiger partial charge in [-0.3, -0.25) is 0 Å². The highest BCUT2D eigenvalue weighted by Gasteiger charge is 2.00. The lowest BCUT2D eigenvalue weighted by Crippen LogP contribution is -1.97. The first-order valence-corrected chi connectivity index (χ1v) is 4.71. The van der Waals surface area contributed by atoms with Crippen molar-refractivity contribution in [1.29, 1.82) is 0 Å². The first-order valence-electron chi connectivity index (χ1n) is 3.35. The molecule has 0 saturated carbocycles. The van der Waals surface area contributed by atoms with Crippen molar-refractivity contribution in [2.24, 2.45) is 0 Å². The molecule has 0 radical (unpaired) electrons. The predicted molar refractivity (Wildman–Crippen MR) is 49.3 cm³/mol. The molecular weight excluding hydrogens is 176 g/mol. The summed E-state index contributed by atoms with van der Waals surface area (Å²) in [5.41, 5.74) is 12.5. The molecule has 66 valence electrons. The summed E-state index contributed by atoms with van der Waals surface area (Å²) in [5.74, 6) is -0.0494. The first-order chi connectivity index (χ1) is 5.59. The molecule has 4 N–H and O–H groups in total. The second-order valence-electron chi connectivity index (χ2n) is 2.45. The topological polar surface area (TPSA) is 86.2 Å². The van der Waals surface area contributed by atoms with E-state index in [9.17, 15) is 8.42 Å². The fourth-order valence-electron chi connectivity index (χ4n) is 0.902. The molecule has 1 rings (SSSR count). The van der Waals surface area contributed by atoms with E-state index in [1.165, 1.54) is 0 Å². The quantitative estimate of drug-likeness (QED) is 0.447. The van der Waals surface area contributed by atoms with Gasteiger partial charge in [0.1, 0.15) is 10.7 Å². The molecular formula is C7H10N2O2S. The molecule has 12 heavy (non-hydrogen) atoms. The fraction of sp³-hybridized carbons (Fsp3) is 0.143. The van der Waals surface area contributed by atoms with Crippen LogP contribution in [0.4, 0.5) is 11.4 Å². The lowest BCUT2D eigenvalue weighted by Gasteiger charge is -2.01. The fourth-order valence-corrected chi connectivity index (χ4v) is 1.45. The second kappa shape index (κ2) is 3.44. The Morgan fingerprint density at radius 3 is 2.50 bits per heavy atom. The first kappa shape index (κ1) is 8.86. The monoisotopic (exact) mass is 186 g/mol. The molecule has 0 heterocycles. The maximum atomic E-state index is 10.4. The van der Waals surface area contributed by atoms with Gasteiger partial charge >= 0.3 is 0 Å². The van der Waals surface area contributed by atoms with Gasteiger partial charge in [0.05, 0.1) is 5.75 Å². The molecule has 4 nitrogen and oxygen atoms in total. The number of hydrogen-bond acceptors (Lipinski definition) is 4. The molecule has 0 atom stereocenters. The van der Waals surface area contributed by atoms with Crippen LogP contribution in [0.3, 0.4) is 0 Å². The highest BCUT2D eigenvalue weighted by Crippen LogP contribution is 2.15. The standard InChI is InChI=1S/C7H10N2O2S/c8-6-1-2-7(9)5(3-6)4-12(10)11/h1-3,12H,4,8-9H2. The third-order valence-electron chi connectivity index (χ3n) is 1.47. The number of benzene rings is 1. The van der Waals surface area contributed by atoms with Crippen LogP contribution >= 0.6 is 0 Å². The highest BCUT2D eigenvalue weighted by atomic mass is 32.2. The lowest BCUT2D eigenvalue weighted by molar-refractivity contribution is 0.614. The van der Waals surface area contributed by atoms with Crippen molar-refractivity contribution in [3.63, 3.8) is 0 Å². The summed E-state index contributed by atoms with van der Waals surface area (Å²) < 4.78 is 20.7. The Labute approximate surface area is 72.1 Å². The molecule has 0 unspecified atom stereocenters. The molecule has 0 aliphatic carbocycles. The highest BCUT2D eigenvalue weighted by molar-refractivity contribution is 7.71. The Balaban J connectivity index is 3.05. The predicted octanol–water partition coefficient (Wildman–Crippen LogP) is -0.0376. The van der Waals surface area contributed by atoms with Gasteiger partial charge in [-0.25, -0.2) is 8.42 Å². The van der Waals surface area contributed by atoms with E-state index in [0.717, 1.165) is 0 Å². The molecule has 0 saturated heterocycles. The van der Waals surface area contributed by atoms with Crippen molar-refractivity contribution in [3.8, 4) is 0 Å². The zero-order valence-corrected chi connectivity index (χ0v) is 7.25. The van der Waals surface area contributed by atoms with E-state index in [1.54, 1.807) is 18.2 Å². The maximum absolute atomic E-state index is 10.4. The van der Waals surface area contributed by atoms with Gasteiger partial charge in [0.25, 0.3) is 0 Å². The van der Waals surface area contributed by atoms with Crippen LogP contribution in [-0.4, -0.2) is 8.42 Å². The van der Waals surface area contributed by atoms with Gasteiger partial charge in [-0.2, -0.15) is 0 Å². The van der Waals surface area contributed by atoms with Gasteiger partial charge in [0.2, 0.25) is 0 Å².